The highest BCUT2D eigenvalue weighted by atomic mass is 15.1. The standard InChI is InChI=1S/C21H30N2/c1-4-23(5-2)21-15-13-20(14-16-21)17-22-18(3)11-12-19-9-7-6-8-10-19/h6-10,13-16,18,22H,4-5,11-12,17H2,1-3H3/t18-/m0/s1. The summed E-state index contributed by atoms with van der Waals surface area (Å²) >= 11 is 0. The van der Waals surface area contributed by atoms with Gasteiger partial charge in [-0.15, -0.1) is 0 Å². The summed E-state index contributed by atoms with van der Waals surface area (Å²) in [5.41, 5.74) is 4.09. The lowest BCUT2D eigenvalue weighted by molar-refractivity contribution is 0.514. The Morgan fingerprint density at radius 3 is 2.13 bits per heavy atom. The van der Waals surface area contributed by atoms with E-state index in [4.69, 9.17) is 0 Å². The molecule has 1 atom stereocenters. The predicted molar refractivity (Wildman–Crippen MR) is 101 cm³/mol. The van der Waals surface area contributed by atoms with Crippen LogP contribution in [0.4, 0.5) is 5.69 Å². The van der Waals surface area contributed by atoms with Gasteiger partial charge in [-0.3, -0.25) is 0 Å². The molecule has 0 radical (unpaired) electrons. The molecule has 1 N–H and O–H groups in total. The Morgan fingerprint density at radius 1 is 0.870 bits per heavy atom. The quantitative estimate of drug-likeness (QED) is 0.725. The van der Waals surface area contributed by atoms with E-state index in [0.29, 0.717) is 6.04 Å². The largest absolute Gasteiger partial charge is 0.372 e. The predicted octanol–water partition coefficient (Wildman–Crippen LogP) is 4.64. The number of hydrogen-bond donors (Lipinski definition) is 1. The molecule has 0 saturated carbocycles. The summed E-state index contributed by atoms with van der Waals surface area (Å²) in [7, 11) is 0. The maximum absolute atomic E-state index is 3.63. The molecule has 2 rings (SSSR count). The Bertz CT molecular complexity index is 544. The van der Waals surface area contributed by atoms with Crippen LogP contribution in [0.3, 0.4) is 0 Å². The third-order valence-corrected chi connectivity index (χ3v) is 4.43. The van der Waals surface area contributed by atoms with Gasteiger partial charge in [-0.05, 0) is 56.9 Å². The number of rotatable bonds is 9. The second kappa shape index (κ2) is 9.36. The third kappa shape index (κ3) is 5.72. The van der Waals surface area contributed by atoms with Crippen molar-refractivity contribution in [2.45, 2.75) is 46.2 Å². The van der Waals surface area contributed by atoms with Crippen LogP contribution >= 0.6 is 0 Å². The van der Waals surface area contributed by atoms with Crippen molar-refractivity contribution in [3.05, 3.63) is 65.7 Å². The van der Waals surface area contributed by atoms with Gasteiger partial charge < -0.3 is 10.2 Å². The lowest BCUT2D eigenvalue weighted by atomic mass is 10.1. The number of nitrogens with zero attached hydrogens (tertiary/aromatic N) is 1. The van der Waals surface area contributed by atoms with Crippen molar-refractivity contribution in [1.82, 2.24) is 5.32 Å². The molecule has 2 nitrogen and oxygen atoms in total. The van der Waals surface area contributed by atoms with Crippen molar-refractivity contribution in [1.29, 1.82) is 0 Å². The molecule has 0 aliphatic carbocycles. The smallest absolute Gasteiger partial charge is 0.0366 e. The van der Waals surface area contributed by atoms with Crippen molar-refractivity contribution in [3.8, 4) is 0 Å². The van der Waals surface area contributed by atoms with E-state index in [9.17, 15) is 0 Å². The molecule has 0 aromatic heterocycles. The van der Waals surface area contributed by atoms with Crippen LogP contribution in [0, 0.1) is 0 Å². The average molecular weight is 310 g/mol. The van der Waals surface area contributed by atoms with Crippen LogP contribution in [0.2, 0.25) is 0 Å². The second-order valence-electron chi connectivity index (χ2n) is 6.14. The van der Waals surface area contributed by atoms with Crippen LogP contribution < -0.4 is 10.2 Å². The molecule has 124 valence electrons. The fraction of sp³-hybridized carbons (Fsp3) is 0.429. The Kier molecular flexibility index (Phi) is 7.15. The molecular weight excluding hydrogens is 280 g/mol. The zero-order valence-electron chi connectivity index (χ0n) is 14.8. The molecular formula is C21H30N2. The Morgan fingerprint density at radius 2 is 1.52 bits per heavy atom. The van der Waals surface area contributed by atoms with E-state index in [-0.39, 0.29) is 0 Å². The van der Waals surface area contributed by atoms with Crippen LogP contribution in [0.5, 0.6) is 0 Å². The number of benzene rings is 2. The fourth-order valence-corrected chi connectivity index (χ4v) is 2.84. The molecule has 0 aliphatic rings. The van der Waals surface area contributed by atoms with Gasteiger partial charge in [0.1, 0.15) is 0 Å². The first-order valence-electron chi connectivity index (χ1n) is 8.84. The van der Waals surface area contributed by atoms with Crippen LogP contribution in [0.1, 0.15) is 38.3 Å². The van der Waals surface area contributed by atoms with E-state index in [2.05, 4.69) is 85.6 Å². The molecule has 23 heavy (non-hydrogen) atoms. The summed E-state index contributed by atoms with van der Waals surface area (Å²) in [5, 5.41) is 3.63. The van der Waals surface area contributed by atoms with Gasteiger partial charge in [-0.1, -0.05) is 42.5 Å². The summed E-state index contributed by atoms with van der Waals surface area (Å²) in [6, 6.07) is 20.2. The van der Waals surface area contributed by atoms with E-state index in [1.165, 1.54) is 23.2 Å². The highest BCUT2D eigenvalue weighted by molar-refractivity contribution is 5.47. The minimum absolute atomic E-state index is 0.526. The van der Waals surface area contributed by atoms with Crippen molar-refractivity contribution in [2.75, 3.05) is 18.0 Å². The van der Waals surface area contributed by atoms with Gasteiger partial charge in [-0.25, -0.2) is 0 Å². The number of nitrogens with one attached hydrogen (secondary N) is 1. The van der Waals surface area contributed by atoms with Gasteiger partial charge >= 0.3 is 0 Å². The minimum Gasteiger partial charge on any atom is -0.372 e. The van der Waals surface area contributed by atoms with E-state index < -0.39 is 0 Å². The van der Waals surface area contributed by atoms with Crippen molar-refractivity contribution >= 4 is 5.69 Å². The summed E-state index contributed by atoms with van der Waals surface area (Å²) in [4.78, 5) is 2.37. The lowest BCUT2D eigenvalue weighted by Gasteiger charge is -2.21. The Balaban J connectivity index is 1.76. The van der Waals surface area contributed by atoms with Crippen LogP contribution in [0.25, 0.3) is 0 Å². The van der Waals surface area contributed by atoms with E-state index in [1.54, 1.807) is 0 Å². The first-order chi connectivity index (χ1) is 11.2. The normalized spacial score (nSPS) is 12.1. The van der Waals surface area contributed by atoms with Gasteiger partial charge in [-0.2, -0.15) is 0 Å². The monoisotopic (exact) mass is 310 g/mol. The number of anilines is 1. The van der Waals surface area contributed by atoms with Crippen molar-refractivity contribution in [3.63, 3.8) is 0 Å². The molecule has 2 heteroatoms. The van der Waals surface area contributed by atoms with Crippen molar-refractivity contribution < 1.29 is 0 Å². The van der Waals surface area contributed by atoms with E-state index in [0.717, 1.165) is 26.1 Å². The van der Waals surface area contributed by atoms with Crippen LogP contribution in [0.15, 0.2) is 54.6 Å². The maximum atomic E-state index is 3.63. The van der Waals surface area contributed by atoms with Crippen LogP contribution in [-0.4, -0.2) is 19.1 Å². The van der Waals surface area contributed by atoms with Gasteiger partial charge in [0.25, 0.3) is 0 Å². The van der Waals surface area contributed by atoms with Gasteiger partial charge in [0.05, 0.1) is 0 Å². The SMILES string of the molecule is CCN(CC)c1ccc(CN[C@@H](C)CCc2ccccc2)cc1. The van der Waals surface area contributed by atoms with Gasteiger partial charge in [0, 0.05) is 31.4 Å². The number of hydrogen-bond acceptors (Lipinski definition) is 2. The molecule has 0 unspecified atom stereocenters. The topological polar surface area (TPSA) is 15.3 Å². The molecule has 0 bridgehead atoms. The Hall–Kier alpha value is -1.80. The maximum Gasteiger partial charge on any atom is 0.0366 e. The highest BCUT2D eigenvalue weighted by Gasteiger charge is 2.04. The molecule has 0 aliphatic heterocycles. The molecule has 0 saturated heterocycles. The van der Waals surface area contributed by atoms with Crippen molar-refractivity contribution in [2.24, 2.45) is 0 Å². The lowest BCUT2D eigenvalue weighted by Crippen LogP contribution is -2.26. The first kappa shape index (κ1) is 17.6. The fourth-order valence-electron chi connectivity index (χ4n) is 2.84. The van der Waals surface area contributed by atoms with Gasteiger partial charge in [0.2, 0.25) is 0 Å². The van der Waals surface area contributed by atoms with Gasteiger partial charge in [0.15, 0.2) is 0 Å². The molecule has 0 spiro atoms. The summed E-state index contributed by atoms with van der Waals surface area (Å²) < 4.78 is 0. The molecule has 0 heterocycles. The summed E-state index contributed by atoms with van der Waals surface area (Å²) in [6.45, 7) is 9.73. The molecule has 0 fully saturated rings. The minimum atomic E-state index is 0.526. The zero-order chi connectivity index (χ0) is 16.5. The summed E-state index contributed by atoms with van der Waals surface area (Å²) in [5.74, 6) is 0. The third-order valence-electron chi connectivity index (χ3n) is 4.43. The number of aryl methyl sites for hydroxylation is 1. The molecule has 2 aromatic carbocycles. The molecule has 2 aromatic rings. The zero-order valence-corrected chi connectivity index (χ0v) is 14.8. The second-order valence-corrected chi connectivity index (χ2v) is 6.14. The van der Waals surface area contributed by atoms with E-state index >= 15 is 0 Å². The summed E-state index contributed by atoms with van der Waals surface area (Å²) in [6.07, 6.45) is 2.30. The van der Waals surface area contributed by atoms with Crippen LogP contribution in [-0.2, 0) is 13.0 Å². The molecule has 0 amide bonds. The van der Waals surface area contributed by atoms with E-state index in [1.807, 2.05) is 0 Å². The average Bonchev–Trinajstić information content (AvgIpc) is 2.61. The highest BCUT2D eigenvalue weighted by Crippen LogP contribution is 2.15. The first-order valence-corrected chi connectivity index (χ1v) is 8.84. The Labute approximate surface area is 141 Å².